The normalized spacial score (nSPS) is 19.5. The highest BCUT2D eigenvalue weighted by atomic mass is 127. The lowest BCUT2D eigenvalue weighted by Crippen LogP contribution is -2.28. The van der Waals surface area contributed by atoms with Crippen LogP contribution in [0.25, 0.3) is 0 Å². The van der Waals surface area contributed by atoms with Crippen molar-refractivity contribution in [2.24, 2.45) is 0 Å². The fourth-order valence-electron chi connectivity index (χ4n) is 3.28. The van der Waals surface area contributed by atoms with Crippen molar-refractivity contribution in [3.63, 3.8) is 0 Å². The van der Waals surface area contributed by atoms with Crippen LogP contribution < -0.4 is 10.6 Å². The van der Waals surface area contributed by atoms with E-state index in [4.69, 9.17) is 16.3 Å². The zero-order chi connectivity index (χ0) is 21.3. The van der Waals surface area contributed by atoms with Crippen molar-refractivity contribution in [2.45, 2.75) is 30.3 Å². The van der Waals surface area contributed by atoms with Gasteiger partial charge in [0, 0.05) is 23.1 Å². The van der Waals surface area contributed by atoms with Crippen molar-refractivity contribution in [1.82, 2.24) is 13.1 Å². The zero-order valence-electron chi connectivity index (χ0n) is 15.6. The third kappa shape index (κ3) is 4.47. The average Bonchev–Trinajstić information content (AvgIpc) is 3.45. The third-order valence-corrected chi connectivity index (χ3v) is 8.81. The van der Waals surface area contributed by atoms with Gasteiger partial charge in [-0.3, -0.25) is 0 Å². The molecule has 0 amide bonds. The Hall–Kier alpha value is -1.35. The van der Waals surface area contributed by atoms with E-state index in [-0.39, 0.29) is 22.4 Å². The number of aromatic hydroxyl groups is 1. The van der Waals surface area contributed by atoms with Crippen LogP contribution in [-0.2, 0) is 14.8 Å². The topological polar surface area (TPSA) is 117 Å². The van der Waals surface area contributed by atoms with Gasteiger partial charge in [-0.1, -0.05) is 11.6 Å². The van der Waals surface area contributed by atoms with Crippen LogP contribution in [0.5, 0.6) is 5.75 Å². The zero-order valence-corrected chi connectivity index (χ0v) is 20.2. The second kappa shape index (κ2) is 9.02. The van der Waals surface area contributed by atoms with Gasteiger partial charge in [0.05, 0.1) is 35.3 Å². The highest BCUT2D eigenvalue weighted by Gasteiger charge is 2.32. The number of ether oxygens (including phenoxy) is 1. The number of aromatic nitrogens is 2. The van der Waals surface area contributed by atoms with Crippen molar-refractivity contribution >= 4 is 73.3 Å². The Bertz CT molecular complexity index is 1070. The Morgan fingerprint density at radius 1 is 1.30 bits per heavy atom. The molecule has 1 aromatic heterocycles. The Labute approximate surface area is 197 Å². The molecule has 9 nitrogen and oxygen atoms in total. The lowest BCUT2D eigenvalue weighted by atomic mass is 10.2. The summed E-state index contributed by atoms with van der Waals surface area (Å²) in [6, 6.07) is 3.27. The highest BCUT2D eigenvalue weighted by Crippen LogP contribution is 2.39. The minimum absolute atomic E-state index is 0.0900. The number of nitrogens with zero attached hydrogens (tertiary/aromatic N) is 3. The van der Waals surface area contributed by atoms with Crippen LogP contribution >= 0.6 is 45.9 Å². The number of phenolic OH excluding ortho intramolecular Hbond substituents is 1. The number of nitrogens with one attached hydrogen (secondary N) is 2. The molecule has 0 aliphatic carbocycles. The molecule has 30 heavy (non-hydrogen) atoms. The molecule has 2 aliphatic heterocycles. The monoisotopic (exact) mass is 583 g/mol. The van der Waals surface area contributed by atoms with Crippen LogP contribution in [0, 0.1) is 3.57 Å². The maximum absolute atomic E-state index is 13.0. The van der Waals surface area contributed by atoms with Crippen LogP contribution in [0.15, 0.2) is 28.3 Å². The molecule has 3 N–H and O–H groups in total. The number of benzene rings is 1. The largest absolute Gasteiger partial charge is 0.504 e. The first-order valence-electron chi connectivity index (χ1n) is 9.21. The molecule has 1 unspecified atom stereocenters. The third-order valence-electron chi connectivity index (χ3n) is 4.80. The molecule has 0 saturated carbocycles. The molecule has 0 bridgehead atoms. The molecule has 162 valence electrons. The molecule has 3 heterocycles. The van der Waals surface area contributed by atoms with Gasteiger partial charge in [-0.2, -0.15) is 13.1 Å². The molecule has 13 heteroatoms. The van der Waals surface area contributed by atoms with Gasteiger partial charge in [0.15, 0.2) is 17.4 Å². The minimum atomic E-state index is -3.79. The second-order valence-electron chi connectivity index (χ2n) is 6.88. The van der Waals surface area contributed by atoms with E-state index in [9.17, 15) is 13.5 Å². The summed E-state index contributed by atoms with van der Waals surface area (Å²) in [4.78, 5) is -0.0900. The van der Waals surface area contributed by atoms with Crippen molar-refractivity contribution in [3.05, 3.63) is 27.0 Å². The lowest BCUT2D eigenvalue weighted by molar-refractivity contribution is 0.182. The average molecular weight is 584 g/mol. The van der Waals surface area contributed by atoms with Gasteiger partial charge in [0.2, 0.25) is 10.0 Å². The summed E-state index contributed by atoms with van der Waals surface area (Å²) in [6.45, 7) is 1.39. The first-order chi connectivity index (χ1) is 14.4. The fourth-order valence-corrected chi connectivity index (χ4v) is 6.93. The summed E-state index contributed by atoms with van der Waals surface area (Å²) in [5.74, 6) is 0.537. The van der Waals surface area contributed by atoms with Crippen LogP contribution in [0.3, 0.4) is 0 Å². The van der Waals surface area contributed by atoms with Gasteiger partial charge in [-0.25, -0.2) is 8.42 Å². The lowest BCUT2D eigenvalue weighted by Gasteiger charge is -2.19. The number of hydrogen-bond acceptors (Lipinski definition) is 9. The fraction of sp³-hybridized carbons (Fsp3) is 0.412. The first-order valence-corrected chi connectivity index (χ1v) is 12.8. The Morgan fingerprint density at radius 3 is 2.73 bits per heavy atom. The van der Waals surface area contributed by atoms with Crippen molar-refractivity contribution in [3.8, 4) is 5.75 Å². The molecule has 2 aromatic rings. The van der Waals surface area contributed by atoms with Gasteiger partial charge < -0.3 is 20.5 Å². The smallest absolute Gasteiger partial charge is 0.247 e. The van der Waals surface area contributed by atoms with Gasteiger partial charge in [-0.05, 0) is 47.6 Å². The summed E-state index contributed by atoms with van der Waals surface area (Å²) < 4.78 is 41.8. The van der Waals surface area contributed by atoms with Crippen molar-refractivity contribution < 1.29 is 18.3 Å². The predicted molar refractivity (Wildman–Crippen MR) is 124 cm³/mol. The van der Waals surface area contributed by atoms with E-state index in [0.717, 1.165) is 24.6 Å². The van der Waals surface area contributed by atoms with E-state index in [1.807, 2.05) is 22.6 Å². The Kier molecular flexibility index (Phi) is 6.58. The van der Waals surface area contributed by atoms with Crippen LogP contribution in [0.2, 0.25) is 0 Å². The highest BCUT2D eigenvalue weighted by molar-refractivity contribution is 14.1. The molecule has 1 saturated heterocycles. The Morgan fingerprint density at radius 2 is 2.03 bits per heavy atom. The van der Waals surface area contributed by atoms with Gasteiger partial charge in [0.25, 0.3) is 0 Å². The number of anilines is 3. The van der Waals surface area contributed by atoms with E-state index in [2.05, 4.69) is 19.4 Å². The second-order valence-corrected chi connectivity index (χ2v) is 10.9. The molecule has 1 atom stereocenters. The number of hydrogen-bond donors (Lipinski definition) is 3. The summed E-state index contributed by atoms with van der Waals surface area (Å²) in [7, 11) is -3.79. The molecule has 1 aromatic carbocycles. The maximum atomic E-state index is 13.0. The van der Waals surface area contributed by atoms with Crippen LogP contribution in [0.1, 0.15) is 19.3 Å². The summed E-state index contributed by atoms with van der Waals surface area (Å²) in [5, 5.41) is 17.6. The van der Waals surface area contributed by atoms with Crippen LogP contribution in [0.4, 0.5) is 17.3 Å². The Balaban J connectivity index is 1.54. The SMILES string of the molecule is O=S(=O)(c1c(I)ccc(Nc2nsnc2NCC2CC(Cl)=CO2)c1O)N1CCCC1. The molecule has 2 aliphatic rings. The number of halogens is 2. The quantitative estimate of drug-likeness (QED) is 0.334. The van der Waals surface area contributed by atoms with Gasteiger partial charge >= 0.3 is 0 Å². The minimum Gasteiger partial charge on any atom is -0.504 e. The predicted octanol–water partition coefficient (Wildman–Crippen LogP) is 3.66. The van der Waals surface area contributed by atoms with E-state index in [1.165, 1.54) is 10.6 Å². The van der Waals surface area contributed by atoms with E-state index >= 15 is 0 Å². The molecular formula is C17H19ClIN5O4S2. The van der Waals surface area contributed by atoms with E-state index < -0.39 is 10.0 Å². The molecule has 0 radical (unpaired) electrons. The maximum Gasteiger partial charge on any atom is 0.247 e. The number of sulfonamides is 1. The molecule has 0 spiro atoms. The summed E-state index contributed by atoms with van der Waals surface area (Å²) in [6.07, 6.45) is 3.68. The van der Waals surface area contributed by atoms with Crippen LogP contribution in [-0.4, -0.2) is 52.3 Å². The number of phenols is 1. The number of rotatable bonds is 7. The molecule has 1 fully saturated rings. The van der Waals surface area contributed by atoms with Gasteiger partial charge in [0.1, 0.15) is 11.0 Å². The summed E-state index contributed by atoms with van der Waals surface area (Å²) in [5.41, 5.74) is 0.241. The summed E-state index contributed by atoms with van der Waals surface area (Å²) >= 11 is 8.84. The molecule has 4 rings (SSSR count). The first kappa shape index (κ1) is 21.9. The van der Waals surface area contributed by atoms with E-state index in [1.54, 1.807) is 12.1 Å². The van der Waals surface area contributed by atoms with Crippen molar-refractivity contribution in [1.29, 1.82) is 0 Å². The van der Waals surface area contributed by atoms with Gasteiger partial charge in [-0.15, -0.1) is 0 Å². The van der Waals surface area contributed by atoms with Crippen molar-refractivity contribution in [2.75, 3.05) is 30.3 Å². The van der Waals surface area contributed by atoms with E-state index in [0.29, 0.717) is 46.3 Å². The standard InChI is InChI=1S/C17H19ClIN5O4S2/c18-10-7-11(28-9-10)8-20-16-17(23-29-22-16)21-13-4-3-12(19)15(14(13)25)30(26,27)24-5-1-2-6-24/h3-4,9,11,25H,1-2,5-8H2,(H,20,22)(H,21,23). The molecular weight excluding hydrogens is 565 g/mol.